The topological polar surface area (TPSA) is 163 Å². The summed E-state index contributed by atoms with van der Waals surface area (Å²) in [5, 5.41) is 12.0. The first-order valence-electron chi connectivity index (χ1n) is 13.5. The first-order chi connectivity index (χ1) is 18.6. The molecule has 220 valence electrons. The Morgan fingerprint density at radius 3 is 2.25 bits per heavy atom. The number of halogens is 1. The molecule has 1 aromatic heterocycles. The van der Waals surface area contributed by atoms with Crippen molar-refractivity contribution >= 4 is 30.2 Å². The zero-order valence-corrected chi connectivity index (χ0v) is 24.0. The highest BCUT2D eigenvalue weighted by atomic mass is 35.5. The van der Waals surface area contributed by atoms with Crippen LogP contribution in [-0.2, 0) is 11.3 Å². The van der Waals surface area contributed by atoms with Crippen LogP contribution in [-0.4, -0.2) is 98.8 Å². The number of nitrogens with one attached hydrogen (secondary N) is 1. The number of rotatable bonds is 7. The second-order valence-corrected chi connectivity index (χ2v) is 10.9. The van der Waals surface area contributed by atoms with Gasteiger partial charge in [-0.1, -0.05) is 12.1 Å². The third-order valence-corrected chi connectivity index (χ3v) is 7.72. The predicted octanol–water partition coefficient (Wildman–Crippen LogP) is 0.742. The van der Waals surface area contributed by atoms with Gasteiger partial charge in [0.2, 0.25) is 5.91 Å². The first kappa shape index (κ1) is 31.5. The predicted molar refractivity (Wildman–Crippen MR) is 156 cm³/mol. The van der Waals surface area contributed by atoms with E-state index in [-0.39, 0.29) is 24.1 Å². The van der Waals surface area contributed by atoms with Crippen LogP contribution in [0.15, 0.2) is 41.3 Å². The van der Waals surface area contributed by atoms with Gasteiger partial charge in [0.25, 0.3) is 0 Å². The summed E-state index contributed by atoms with van der Waals surface area (Å²) in [6.45, 7) is 3.04. The Bertz CT molecular complexity index is 1210. The molecule has 13 heteroatoms. The van der Waals surface area contributed by atoms with Gasteiger partial charge in [0.1, 0.15) is 11.4 Å². The number of hydrogen-bond acceptors (Lipinski definition) is 8. The fourth-order valence-corrected chi connectivity index (χ4v) is 5.12. The van der Waals surface area contributed by atoms with Crippen LogP contribution in [0.4, 0.5) is 10.6 Å². The SMILES string of the molecule is CN(Cc1ccc(-n2ccc(NC(=O)N3CCN(C(=O)[C@@](C)(N)CO)CC3)nc2=O)cc1)C1CCC(N)CC1.Cl. The molecule has 2 aromatic rings. The fourth-order valence-electron chi connectivity index (χ4n) is 5.12. The van der Waals surface area contributed by atoms with Crippen molar-refractivity contribution in [2.24, 2.45) is 11.5 Å². The number of amides is 3. The van der Waals surface area contributed by atoms with E-state index in [4.69, 9.17) is 11.5 Å². The second kappa shape index (κ2) is 13.6. The number of aliphatic hydroxyl groups is 1. The summed E-state index contributed by atoms with van der Waals surface area (Å²) in [5.74, 6) is -0.204. The highest BCUT2D eigenvalue weighted by Crippen LogP contribution is 2.23. The molecule has 4 rings (SSSR count). The van der Waals surface area contributed by atoms with Crippen molar-refractivity contribution in [3.63, 3.8) is 0 Å². The van der Waals surface area contributed by atoms with Gasteiger partial charge in [-0.05, 0) is 63.4 Å². The highest BCUT2D eigenvalue weighted by molar-refractivity contribution is 5.89. The molecular weight excluding hydrogens is 536 g/mol. The second-order valence-electron chi connectivity index (χ2n) is 10.9. The zero-order valence-electron chi connectivity index (χ0n) is 23.2. The summed E-state index contributed by atoms with van der Waals surface area (Å²) in [4.78, 5) is 47.3. The van der Waals surface area contributed by atoms with Crippen LogP contribution in [0.5, 0.6) is 0 Å². The molecule has 0 spiro atoms. The summed E-state index contributed by atoms with van der Waals surface area (Å²) < 4.78 is 1.43. The van der Waals surface area contributed by atoms with Gasteiger partial charge in [-0.25, -0.2) is 9.59 Å². The molecule has 1 atom stereocenters. The van der Waals surface area contributed by atoms with E-state index in [9.17, 15) is 19.5 Å². The Labute approximate surface area is 240 Å². The van der Waals surface area contributed by atoms with Gasteiger partial charge in [-0.3, -0.25) is 19.6 Å². The van der Waals surface area contributed by atoms with Crippen molar-refractivity contribution in [3.8, 4) is 5.69 Å². The lowest BCUT2D eigenvalue weighted by Crippen LogP contribution is -2.60. The monoisotopic (exact) mass is 576 g/mol. The molecule has 1 saturated carbocycles. The number of hydrogen-bond donors (Lipinski definition) is 4. The standard InChI is InChI=1S/C27H40N8O4.ClH/c1-27(29,18-36)24(37)33-13-15-34(16-14-33)25(38)30-23-11-12-35(26(39)31-23)22-7-3-19(4-8-22)17-32(2)21-9-5-20(28)6-10-21;/h3-4,7-8,11-12,20-21,36H,5-6,9-10,13-18,28-29H2,1-2H3,(H,30,31,38,39);1H/t20?,21?,27-;/m0./s1. The molecule has 2 fully saturated rings. The number of nitrogens with two attached hydrogens (primary N) is 2. The Morgan fingerprint density at radius 2 is 1.68 bits per heavy atom. The lowest BCUT2D eigenvalue weighted by atomic mass is 9.91. The van der Waals surface area contributed by atoms with Gasteiger partial charge < -0.3 is 26.4 Å². The zero-order chi connectivity index (χ0) is 28.2. The van der Waals surface area contributed by atoms with Crippen molar-refractivity contribution in [2.45, 2.75) is 56.8 Å². The maximum absolute atomic E-state index is 12.7. The molecule has 2 aliphatic rings. The summed E-state index contributed by atoms with van der Waals surface area (Å²) in [5.41, 5.74) is 11.9. The number of anilines is 1. The van der Waals surface area contributed by atoms with Crippen LogP contribution in [0, 0.1) is 0 Å². The summed E-state index contributed by atoms with van der Waals surface area (Å²) in [7, 11) is 2.14. The minimum atomic E-state index is -1.35. The molecule has 1 aliphatic carbocycles. The maximum Gasteiger partial charge on any atom is 0.354 e. The van der Waals surface area contributed by atoms with Crippen LogP contribution in [0.25, 0.3) is 5.69 Å². The van der Waals surface area contributed by atoms with E-state index in [0.717, 1.165) is 37.8 Å². The van der Waals surface area contributed by atoms with Crippen LogP contribution in [0.3, 0.4) is 0 Å². The highest BCUT2D eigenvalue weighted by Gasteiger charge is 2.34. The summed E-state index contributed by atoms with van der Waals surface area (Å²) in [6, 6.07) is 9.86. The molecule has 12 nitrogen and oxygen atoms in total. The smallest absolute Gasteiger partial charge is 0.354 e. The number of aliphatic hydroxyl groups excluding tert-OH is 1. The largest absolute Gasteiger partial charge is 0.394 e. The van der Waals surface area contributed by atoms with Gasteiger partial charge >= 0.3 is 11.7 Å². The molecular formula is C27H41ClN8O4. The fraction of sp³-hybridized carbons (Fsp3) is 0.556. The Kier molecular flexibility index (Phi) is 10.7. The van der Waals surface area contributed by atoms with Crippen LogP contribution in [0.1, 0.15) is 38.2 Å². The molecule has 2 heterocycles. The van der Waals surface area contributed by atoms with E-state index in [1.807, 2.05) is 24.3 Å². The first-order valence-corrected chi connectivity index (χ1v) is 13.5. The average Bonchev–Trinajstić information content (AvgIpc) is 2.93. The third-order valence-electron chi connectivity index (χ3n) is 7.72. The van der Waals surface area contributed by atoms with E-state index >= 15 is 0 Å². The summed E-state index contributed by atoms with van der Waals surface area (Å²) >= 11 is 0. The summed E-state index contributed by atoms with van der Waals surface area (Å²) in [6.07, 6.45) is 5.96. The van der Waals surface area contributed by atoms with Crippen LogP contribution in [0.2, 0.25) is 0 Å². The average molecular weight is 577 g/mol. The number of piperazine rings is 1. The van der Waals surface area contributed by atoms with E-state index in [0.29, 0.717) is 44.0 Å². The molecule has 1 saturated heterocycles. The minimum absolute atomic E-state index is 0. The number of benzene rings is 1. The molecule has 1 aliphatic heterocycles. The van der Waals surface area contributed by atoms with E-state index in [1.165, 1.54) is 16.4 Å². The van der Waals surface area contributed by atoms with E-state index < -0.39 is 23.9 Å². The van der Waals surface area contributed by atoms with E-state index in [1.54, 1.807) is 17.2 Å². The number of carbonyl (C=O) groups is 2. The molecule has 0 unspecified atom stereocenters. The van der Waals surface area contributed by atoms with Crippen LogP contribution < -0.4 is 22.5 Å². The third kappa shape index (κ3) is 7.58. The number of aromatic nitrogens is 2. The lowest BCUT2D eigenvalue weighted by Gasteiger charge is -2.37. The normalized spacial score (nSPS) is 20.9. The molecule has 40 heavy (non-hydrogen) atoms. The quantitative estimate of drug-likeness (QED) is 0.375. The molecule has 0 bridgehead atoms. The van der Waals surface area contributed by atoms with Gasteiger partial charge in [-0.2, -0.15) is 4.98 Å². The number of carbonyl (C=O) groups excluding carboxylic acids is 2. The molecule has 0 radical (unpaired) electrons. The number of urea groups is 1. The minimum Gasteiger partial charge on any atom is -0.394 e. The molecule has 1 aromatic carbocycles. The van der Waals surface area contributed by atoms with Crippen molar-refractivity contribution in [3.05, 3.63) is 52.6 Å². The van der Waals surface area contributed by atoms with Crippen molar-refractivity contribution < 1.29 is 14.7 Å². The van der Waals surface area contributed by atoms with Gasteiger partial charge in [0, 0.05) is 51.0 Å². The Morgan fingerprint density at radius 1 is 1.07 bits per heavy atom. The van der Waals surface area contributed by atoms with Crippen molar-refractivity contribution in [2.75, 3.05) is 45.2 Å². The van der Waals surface area contributed by atoms with Crippen LogP contribution >= 0.6 is 12.4 Å². The number of nitrogens with zero attached hydrogens (tertiary/aromatic N) is 5. The maximum atomic E-state index is 12.7. The van der Waals surface area contributed by atoms with Gasteiger partial charge in [-0.15, -0.1) is 12.4 Å². The molecule has 6 N–H and O–H groups in total. The van der Waals surface area contributed by atoms with Gasteiger partial charge in [0.15, 0.2) is 0 Å². The van der Waals surface area contributed by atoms with E-state index in [2.05, 4.69) is 22.2 Å². The van der Waals surface area contributed by atoms with Crippen molar-refractivity contribution in [1.82, 2.24) is 24.3 Å². The Balaban J connectivity index is 0.00000441. The molecule has 3 amide bonds. The Hall–Kier alpha value is -3.03. The van der Waals surface area contributed by atoms with Crippen molar-refractivity contribution in [1.29, 1.82) is 0 Å². The lowest BCUT2D eigenvalue weighted by molar-refractivity contribution is -0.139. The van der Waals surface area contributed by atoms with Gasteiger partial charge in [0.05, 0.1) is 12.3 Å².